The molecule has 0 unspecified atom stereocenters. The molecule has 110 valence electrons. The van der Waals surface area contributed by atoms with Crippen LogP contribution in [0, 0.1) is 0 Å². The lowest BCUT2D eigenvalue weighted by atomic mass is 10.2. The smallest absolute Gasteiger partial charge is 0.411 e. The average molecular weight is 370 g/mol. The SMILES string of the molecule is COC(=O)Nc1ccc(NCc2ccc(Cl)c(Br)c2)cc1. The number of halogens is 2. The van der Waals surface area contributed by atoms with Crippen LogP contribution in [-0.2, 0) is 11.3 Å². The number of rotatable bonds is 4. The average Bonchev–Trinajstić information content (AvgIpc) is 2.50. The van der Waals surface area contributed by atoms with Gasteiger partial charge in [-0.1, -0.05) is 17.7 Å². The molecule has 21 heavy (non-hydrogen) atoms. The third-order valence-corrected chi connectivity index (χ3v) is 4.01. The zero-order valence-electron chi connectivity index (χ0n) is 11.3. The summed E-state index contributed by atoms with van der Waals surface area (Å²) in [6, 6.07) is 13.2. The number of anilines is 2. The summed E-state index contributed by atoms with van der Waals surface area (Å²) >= 11 is 9.36. The van der Waals surface area contributed by atoms with Gasteiger partial charge in [-0.2, -0.15) is 0 Å². The van der Waals surface area contributed by atoms with E-state index < -0.39 is 6.09 Å². The molecule has 0 bridgehead atoms. The molecule has 0 fully saturated rings. The molecule has 1 amide bonds. The van der Waals surface area contributed by atoms with Crippen molar-refractivity contribution in [2.75, 3.05) is 17.7 Å². The Balaban J connectivity index is 1.94. The highest BCUT2D eigenvalue weighted by Crippen LogP contribution is 2.23. The van der Waals surface area contributed by atoms with Gasteiger partial charge in [0.15, 0.2) is 0 Å². The molecule has 0 saturated heterocycles. The van der Waals surface area contributed by atoms with Gasteiger partial charge in [0.25, 0.3) is 0 Å². The molecule has 0 aliphatic rings. The fraction of sp³-hybridized carbons (Fsp3) is 0.133. The van der Waals surface area contributed by atoms with Crippen molar-refractivity contribution in [1.29, 1.82) is 0 Å². The first-order valence-electron chi connectivity index (χ1n) is 6.21. The number of carbonyl (C=O) groups excluding carboxylic acids is 1. The summed E-state index contributed by atoms with van der Waals surface area (Å²) in [5.74, 6) is 0. The predicted octanol–water partition coefficient (Wildman–Crippen LogP) is 4.89. The lowest BCUT2D eigenvalue weighted by molar-refractivity contribution is 0.187. The quantitative estimate of drug-likeness (QED) is 0.806. The topological polar surface area (TPSA) is 50.4 Å². The summed E-state index contributed by atoms with van der Waals surface area (Å²) < 4.78 is 5.41. The van der Waals surface area contributed by atoms with Crippen LogP contribution in [0.2, 0.25) is 5.02 Å². The van der Waals surface area contributed by atoms with Crippen LogP contribution in [0.25, 0.3) is 0 Å². The fourth-order valence-electron chi connectivity index (χ4n) is 1.69. The number of carbonyl (C=O) groups is 1. The molecule has 0 aliphatic carbocycles. The highest BCUT2D eigenvalue weighted by atomic mass is 79.9. The van der Waals surface area contributed by atoms with Gasteiger partial charge in [-0.3, -0.25) is 5.32 Å². The molecule has 4 nitrogen and oxygen atoms in total. The molecule has 0 spiro atoms. The molecule has 2 N–H and O–H groups in total. The third kappa shape index (κ3) is 4.65. The van der Waals surface area contributed by atoms with Gasteiger partial charge < -0.3 is 10.1 Å². The van der Waals surface area contributed by atoms with Crippen molar-refractivity contribution in [3.63, 3.8) is 0 Å². The molecule has 0 heterocycles. The lowest BCUT2D eigenvalue weighted by Gasteiger charge is -2.09. The first-order chi connectivity index (χ1) is 10.1. The number of nitrogens with one attached hydrogen (secondary N) is 2. The molecular formula is C15H14BrClN2O2. The van der Waals surface area contributed by atoms with E-state index in [0.29, 0.717) is 17.3 Å². The van der Waals surface area contributed by atoms with Gasteiger partial charge in [0, 0.05) is 22.4 Å². The van der Waals surface area contributed by atoms with Crippen LogP contribution in [0.1, 0.15) is 5.56 Å². The third-order valence-electron chi connectivity index (χ3n) is 2.80. The zero-order chi connectivity index (χ0) is 15.2. The van der Waals surface area contributed by atoms with E-state index in [1.807, 2.05) is 30.3 Å². The molecule has 0 aliphatic heterocycles. The summed E-state index contributed by atoms with van der Waals surface area (Å²) in [7, 11) is 1.33. The number of benzene rings is 2. The maximum absolute atomic E-state index is 11.1. The summed E-state index contributed by atoms with van der Waals surface area (Å²) in [5, 5.41) is 6.58. The second-order valence-corrected chi connectivity index (χ2v) is 5.56. The van der Waals surface area contributed by atoms with Gasteiger partial charge in [0.1, 0.15) is 0 Å². The summed E-state index contributed by atoms with van der Waals surface area (Å²) in [4.78, 5) is 11.1. The van der Waals surface area contributed by atoms with Crippen LogP contribution in [-0.4, -0.2) is 13.2 Å². The molecule has 0 saturated carbocycles. The Morgan fingerprint density at radius 1 is 1.19 bits per heavy atom. The van der Waals surface area contributed by atoms with Crippen molar-refractivity contribution in [2.45, 2.75) is 6.54 Å². The molecule has 2 aromatic carbocycles. The first-order valence-corrected chi connectivity index (χ1v) is 7.38. The second-order valence-electron chi connectivity index (χ2n) is 4.30. The molecule has 6 heteroatoms. The van der Waals surface area contributed by atoms with Crippen molar-refractivity contribution in [3.05, 3.63) is 57.5 Å². The Kier molecular flexibility index (Phi) is 5.47. The normalized spacial score (nSPS) is 10.0. The Bertz CT molecular complexity index is 632. The van der Waals surface area contributed by atoms with Crippen LogP contribution in [0.15, 0.2) is 46.9 Å². The second kappa shape index (κ2) is 7.33. The van der Waals surface area contributed by atoms with Crippen molar-refractivity contribution in [3.8, 4) is 0 Å². The predicted molar refractivity (Wildman–Crippen MR) is 88.9 cm³/mol. The number of amides is 1. The molecule has 0 aromatic heterocycles. The maximum Gasteiger partial charge on any atom is 0.411 e. The van der Waals surface area contributed by atoms with E-state index in [1.54, 1.807) is 12.1 Å². The molecular weight excluding hydrogens is 356 g/mol. The van der Waals surface area contributed by atoms with E-state index in [0.717, 1.165) is 15.7 Å². The van der Waals surface area contributed by atoms with Gasteiger partial charge in [-0.25, -0.2) is 4.79 Å². The van der Waals surface area contributed by atoms with Crippen molar-refractivity contribution >= 4 is 45.0 Å². The van der Waals surface area contributed by atoms with E-state index in [2.05, 4.69) is 31.3 Å². The minimum atomic E-state index is -0.485. The minimum Gasteiger partial charge on any atom is -0.453 e. The van der Waals surface area contributed by atoms with Crippen LogP contribution in [0.4, 0.5) is 16.2 Å². The number of ether oxygens (including phenoxy) is 1. The molecule has 2 rings (SSSR count). The number of hydrogen-bond acceptors (Lipinski definition) is 3. The molecule has 0 atom stereocenters. The standard InChI is InChI=1S/C15H14BrClN2O2/c1-21-15(20)19-12-5-3-11(4-6-12)18-9-10-2-7-14(17)13(16)8-10/h2-8,18H,9H2,1H3,(H,19,20). The van der Waals surface area contributed by atoms with Gasteiger partial charge in [0.2, 0.25) is 0 Å². The molecule has 2 aromatic rings. The van der Waals surface area contributed by atoms with Gasteiger partial charge in [-0.15, -0.1) is 0 Å². The highest BCUT2D eigenvalue weighted by Gasteiger charge is 2.01. The van der Waals surface area contributed by atoms with Gasteiger partial charge in [-0.05, 0) is 57.9 Å². The Labute approximate surface area is 136 Å². The lowest BCUT2D eigenvalue weighted by Crippen LogP contribution is -2.10. The van der Waals surface area contributed by atoms with Crippen molar-refractivity contribution in [2.24, 2.45) is 0 Å². The van der Waals surface area contributed by atoms with Crippen molar-refractivity contribution in [1.82, 2.24) is 0 Å². The minimum absolute atomic E-state index is 0.485. The van der Waals surface area contributed by atoms with Crippen LogP contribution in [0.5, 0.6) is 0 Å². The number of hydrogen-bond donors (Lipinski definition) is 2. The Morgan fingerprint density at radius 3 is 2.48 bits per heavy atom. The van der Waals surface area contributed by atoms with Crippen molar-refractivity contribution < 1.29 is 9.53 Å². The monoisotopic (exact) mass is 368 g/mol. The van der Waals surface area contributed by atoms with Crippen LogP contribution >= 0.6 is 27.5 Å². The summed E-state index contributed by atoms with van der Waals surface area (Å²) in [5.41, 5.74) is 2.75. The zero-order valence-corrected chi connectivity index (χ0v) is 13.7. The van der Waals surface area contributed by atoms with Gasteiger partial charge in [0.05, 0.1) is 12.1 Å². The maximum atomic E-state index is 11.1. The Morgan fingerprint density at radius 2 is 1.86 bits per heavy atom. The van der Waals surface area contributed by atoms with E-state index in [-0.39, 0.29) is 0 Å². The van der Waals surface area contributed by atoms with Crippen LogP contribution < -0.4 is 10.6 Å². The highest BCUT2D eigenvalue weighted by molar-refractivity contribution is 9.10. The first kappa shape index (κ1) is 15.7. The largest absolute Gasteiger partial charge is 0.453 e. The van der Waals surface area contributed by atoms with Gasteiger partial charge >= 0.3 is 6.09 Å². The van der Waals surface area contributed by atoms with E-state index in [9.17, 15) is 4.79 Å². The Hall–Kier alpha value is -1.72. The van der Waals surface area contributed by atoms with E-state index in [1.165, 1.54) is 7.11 Å². The number of methoxy groups -OCH3 is 1. The van der Waals surface area contributed by atoms with Crippen LogP contribution in [0.3, 0.4) is 0 Å². The summed E-state index contributed by atoms with van der Waals surface area (Å²) in [6.07, 6.45) is -0.485. The van der Waals surface area contributed by atoms with E-state index >= 15 is 0 Å². The molecule has 0 radical (unpaired) electrons. The van der Waals surface area contributed by atoms with E-state index in [4.69, 9.17) is 11.6 Å². The fourth-order valence-corrected chi connectivity index (χ4v) is 2.24. The summed E-state index contributed by atoms with van der Waals surface area (Å²) in [6.45, 7) is 0.680.